The second kappa shape index (κ2) is 4.97. The number of hydrogen-bond acceptors (Lipinski definition) is 5. The van der Waals surface area contributed by atoms with E-state index < -0.39 is 0 Å². The zero-order valence-corrected chi connectivity index (χ0v) is 4.91. The van der Waals surface area contributed by atoms with Crippen molar-refractivity contribution in [3.63, 3.8) is 0 Å². The van der Waals surface area contributed by atoms with Gasteiger partial charge in [0.2, 0.25) is 0 Å². The van der Waals surface area contributed by atoms with Crippen LogP contribution in [0.25, 0.3) is 0 Å². The Morgan fingerprint density at radius 1 is 1.20 bits per heavy atom. The van der Waals surface area contributed by atoms with Crippen LogP contribution in [0.1, 0.15) is 0 Å². The Labute approximate surface area is 46.4 Å². The highest BCUT2D eigenvalue weighted by atomic mass is 32.2. The van der Waals surface area contributed by atoms with E-state index in [4.69, 9.17) is 0 Å². The zero-order chi connectivity index (χ0) is 4.12. The Balaban J connectivity index is 2.19. The minimum atomic E-state index is 1.19. The largest absolute Gasteiger partial charge is 0.197 e. The summed E-state index contributed by atoms with van der Waals surface area (Å²) < 4.78 is 4.88. The number of thiol groups is 2. The molecule has 0 aliphatic heterocycles. The van der Waals surface area contributed by atoms with Gasteiger partial charge >= 0.3 is 0 Å². The fourth-order valence-corrected chi connectivity index (χ4v) is 0.551. The lowest BCUT2D eigenvalue weighted by atomic mass is 13.8. The van der Waals surface area contributed by atoms with Crippen LogP contribution in [-0.2, 0) is 0 Å². The molecule has 0 aromatic carbocycles. The quantitative estimate of drug-likeness (QED) is 0.320. The molecule has 0 saturated carbocycles. The van der Waals surface area contributed by atoms with Crippen LogP contribution in [0.15, 0.2) is 0 Å². The lowest BCUT2D eigenvalue weighted by Gasteiger charge is -1.84. The lowest BCUT2D eigenvalue weighted by molar-refractivity contribution is 1.67. The topological polar surface area (TPSA) is 24.1 Å². The maximum atomic E-state index is 3.60. The van der Waals surface area contributed by atoms with Crippen LogP contribution in [0.2, 0.25) is 0 Å². The van der Waals surface area contributed by atoms with Crippen molar-refractivity contribution in [2.45, 2.75) is 0 Å². The molecule has 2 nitrogen and oxygen atoms in total. The van der Waals surface area contributed by atoms with Gasteiger partial charge in [-0.2, -0.15) is 8.25 Å². The smallest absolute Gasteiger partial charge is 0.0245 e. The monoisotopic (exact) mass is 128 g/mol. The van der Waals surface area contributed by atoms with Crippen LogP contribution >= 0.6 is 37.8 Å². The summed E-state index contributed by atoms with van der Waals surface area (Å²) in [7, 11) is 0. The first-order valence-electron chi connectivity index (χ1n) is 0.855. The molecule has 0 rings (SSSR count). The van der Waals surface area contributed by atoms with Crippen LogP contribution in [0.4, 0.5) is 0 Å². The number of nitrogens with one attached hydrogen (secondary N) is 2. The maximum absolute atomic E-state index is 3.60. The number of rotatable bonds is 2. The van der Waals surface area contributed by atoms with E-state index in [1.165, 1.54) is 12.1 Å². The predicted octanol–water partition coefficient (Wildman–Crippen LogP) is 0.418. The molecular formula is H4N2S3. The summed E-state index contributed by atoms with van der Waals surface area (Å²) >= 11 is 8.40. The van der Waals surface area contributed by atoms with Gasteiger partial charge in [-0.05, 0) is 0 Å². The first-order valence-corrected chi connectivity index (χ1v) is 2.57. The van der Waals surface area contributed by atoms with Gasteiger partial charge in [0.25, 0.3) is 0 Å². The average molecular weight is 128 g/mol. The average Bonchev–Trinajstić information content (AvgIpc) is 1.41. The van der Waals surface area contributed by atoms with E-state index >= 15 is 0 Å². The Bertz CT molecular complexity index is 12.4. The first-order chi connectivity index (χ1) is 2.41. The Kier molecular flexibility index (Phi) is 5.93. The zero-order valence-electron chi connectivity index (χ0n) is 2.30. The summed E-state index contributed by atoms with van der Waals surface area (Å²) in [6.45, 7) is 0. The summed E-state index contributed by atoms with van der Waals surface area (Å²) in [4.78, 5) is 0. The van der Waals surface area contributed by atoms with Gasteiger partial charge in [0.1, 0.15) is 0 Å². The molecule has 0 aromatic heterocycles. The standard InChI is InChI=1S/H4N2S3/c3-1-5-2-4/h1-4H. The molecule has 0 heterocycles. The first kappa shape index (κ1) is 5.97. The molecule has 0 radical (unpaired) electrons. The summed E-state index contributed by atoms with van der Waals surface area (Å²) in [5.74, 6) is 0. The van der Waals surface area contributed by atoms with Crippen molar-refractivity contribution in [2.75, 3.05) is 0 Å². The van der Waals surface area contributed by atoms with Crippen molar-refractivity contribution in [2.24, 2.45) is 0 Å². The van der Waals surface area contributed by atoms with Crippen molar-refractivity contribution in [3.05, 3.63) is 0 Å². The Morgan fingerprint density at radius 2 is 1.60 bits per heavy atom. The van der Waals surface area contributed by atoms with Crippen molar-refractivity contribution >= 4 is 37.8 Å². The van der Waals surface area contributed by atoms with Gasteiger partial charge in [-0.15, -0.1) is 0 Å². The van der Waals surface area contributed by atoms with Gasteiger partial charge < -0.3 is 0 Å². The third kappa shape index (κ3) is 4.97. The maximum Gasteiger partial charge on any atom is 0.0245 e. The van der Waals surface area contributed by atoms with Crippen molar-refractivity contribution in [1.29, 1.82) is 0 Å². The SMILES string of the molecule is SNSNS. The molecule has 32 valence electrons. The van der Waals surface area contributed by atoms with E-state index in [-0.39, 0.29) is 0 Å². The fraction of sp³-hybridized carbons (Fsp3) is 0. The molecule has 2 N–H and O–H groups in total. The van der Waals surface area contributed by atoms with Crippen molar-refractivity contribution in [1.82, 2.24) is 8.25 Å². The number of hydrogen-bond donors (Lipinski definition) is 4. The molecule has 0 aliphatic rings. The molecule has 5 heavy (non-hydrogen) atoms. The fourth-order valence-electron chi connectivity index (χ4n) is 0.0204. The summed E-state index contributed by atoms with van der Waals surface area (Å²) in [6, 6.07) is 0. The summed E-state index contributed by atoms with van der Waals surface area (Å²) in [5.41, 5.74) is 0. The molecule has 0 aromatic rings. The van der Waals surface area contributed by atoms with E-state index in [1.807, 2.05) is 0 Å². The molecule has 0 aliphatic carbocycles. The summed E-state index contributed by atoms with van der Waals surface area (Å²) in [5, 5.41) is 0. The Hall–Kier alpha value is 0.970. The van der Waals surface area contributed by atoms with E-state index in [0.29, 0.717) is 0 Å². The van der Waals surface area contributed by atoms with Crippen molar-refractivity contribution in [3.8, 4) is 0 Å². The molecule has 0 amide bonds. The minimum absolute atomic E-state index is 1.19. The molecule has 0 spiro atoms. The molecule has 0 fully saturated rings. The third-order valence-electron chi connectivity index (χ3n) is 0.0913. The van der Waals surface area contributed by atoms with Gasteiger partial charge in [0.05, 0.1) is 0 Å². The van der Waals surface area contributed by atoms with E-state index in [2.05, 4.69) is 33.9 Å². The third-order valence-corrected chi connectivity index (χ3v) is 0.822. The van der Waals surface area contributed by atoms with Gasteiger partial charge in [0.15, 0.2) is 0 Å². The molecular weight excluding hydrogens is 124 g/mol. The normalized spacial score (nSPS) is 8.40. The molecule has 0 saturated heterocycles. The highest BCUT2D eigenvalue weighted by Gasteiger charge is 1.63. The van der Waals surface area contributed by atoms with Crippen LogP contribution in [0.5, 0.6) is 0 Å². The van der Waals surface area contributed by atoms with Crippen molar-refractivity contribution < 1.29 is 0 Å². The summed E-state index contributed by atoms with van der Waals surface area (Å²) in [6.07, 6.45) is 0. The molecule has 0 unspecified atom stereocenters. The van der Waals surface area contributed by atoms with E-state index in [0.717, 1.165) is 0 Å². The van der Waals surface area contributed by atoms with Crippen LogP contribution in [-0.4, -0.2) is 0 Å². The molecule has 0 bridgehead atoms. The van der Waals surface area contributed by atoms with Gasteiger partial charge in [0, 0.05) is 12.1 Å². The van der Waals surface area contributed by atoms with Gasteiger partial charge in [-0.25, -0.2) is 0 Å². The predicted molar refractivity (Wildman–Crippen MR) is 31.8 cm³/mol. The van der Waals surface area contributed by atoms with E-state index in [9.17, 15) is 0 Å². The van der Waals surface area contributed by atoms with Crippen LogP contribution < -0.4 is 8.25 Å². The Morgan fingerprint density at radius 3 is 1.60 bits per heavy atom. The van der Waals surface area contributed by atoms with Crippen LogP contribution in [0, 0.1) is 0 Å². The second-order valence-corrected chi connectivity index (χ2v) is 1.95. The second-order valence-electron chi connectivity index (χ2n) is 0.285. The lowest BCUT2D eigenvalue weighted by Crippen LogP contribution is -1.89. The highest BCUT2D eigenvalue weighted by Crippen LogP contribution is 1.83. The minimum Gasteiger partial charge on any atom is -0.197 e. The van der Waals surface area contributed by atoms with E-state index in [1.54, 1.807) is 0 Å². The molecule has 5 heteroatoms. The molecule has 0 atom stereocenters. The van der Waals surface area contributed by atoms with Crippen LogP contribution in [0.3, 0.4) is 0 Å². The van der Waals surface area contributed by atoms with Gasteiger partial charge in [-0.1, -0.05) is 25.6 Å². The highest BCUT2D eigenvalue weighted by molar-refractivity contribution is 8.10. The van der Waals surface area contributed by atoms with Gasteiger partial charge in [-0.3, -0.25) is 0 Å².